The molecule has 0 saturated carbocycles. The predicted molar refractivity (Wildman–Crippen MR) is 76.5 cm³/mol. The van der Waals surface area contributed by atoms with Gasteiger partial charge < -0.3 is 10.0 Å². The van der Waals surface area contributed by atoms with Crippen LogP contribution in [0.2, 0.25) is 0 Å². The van der Waals surface area contributed by atoms with Crippen LogP contribution in [0.5, 0.6) is 0 Å². The van der Waals surface area contributed by atoms with Gasteiger partial charge in [-0.3, -0.25) is 4.79 Å². The topological polar surface area (TPSA) is 40.5 Å². The van der Waals surface area contributed by atoms with Gasteiger partial charge in [0.2, 0.25) is 5.91 Å². The predicted octanol–water partition coefficient (Wildman–Crippen LogP) is 2.53. The second-order valence-electron chi connectivity index (χ2n) is 5.31. The lowest BCUT2D eigenvalue weighted by Crippen LogP contribution is -2.40. The van der Waals surface area contributed by atoms with E-state index in [4.69, 9.17) is 0 Å². The van der Waals surface area contributed by atoms with Crippen LogP contribution < -0.4 is 0 Å². The summed E-state index contributed by atoms with van der Waals surface area (Å²) in [5, 5.41) is 9.69. The van der Waals surface area contributed by atoms with Crippen LogP contribution in [-0.2, 0) is 11.2 Å². The lowest BCUT2D eigenvalue weighted by molar-refractivity contribution is -0.131. The number of amides is 1. The number of carbonyl (C=O) groups is 1. The summed E-state index contributed by atoms with van der Waals surface area (Å²) in [7, 11) is 1.72. The van der Waals surface area contributed by atoms with Gasteiger partial charge in [-0.15, -0.1) is 0 Å². The highest BCUT2D eigenvalue weighted by molar-refractivity contribution is 9.10. The number of hydrogen-bond donors (Lipinski definition) is 1. The molecule has 0 aliphatic rings. The van der Waals surface area contributed by atoms with Gasteiger partial charge in [-0.25, -0.2) is 0 Å². The number of hydrogen-bond acceptors (Lipinski definition) is 2. The van der Waals surface area contributed by atoms with Crippen molar-refractivity contribution in [1.82, 2.24) is 4.90 Å². The second kappa shape index (κ2) is 5.85. The zero-order valence-electron chi connectivity index (χ0n) is 11.3. The van der Waals surface area contributed by atoms with Crippen LogP contribution >= 0.6 is 15.9 Å². The van der Waals surface area contributed by atoms with E-state index in [0.717, 1.165) is 15.6 Å². The zero-order chi connectivity index (χ0) is 13.9. The minimum absolute atomic E-state index is 0.0162. The lowest BCUT2D eigenvalue weighted by atomic mass is 10.0. The number of halogens is 1. The van der Waals surface area contributed by atoms with Crippen LogP contribution in [0.15, 0.2) is 22.7 Å². The Morgan fingerprint density at radius 2 is 2.06 bits per heavy atom. The van der Waals surface area contributed by atoms with Crippen LogP contribution in [0.3, 0.4) is 0 Å². The largest absolute Gasteiger partial charge is 0.389 e. The highest BCUT2D eigenvalue weighted by Gasteiger charge is 2.19. The molecular weight excluding hydrogens is 294 g/mol. The summed E-state index contributed by atoms with van der Waals surface area (Å²) in [5.41, 5.74) is 1.25. The van der Waals surface area contributed by atoms with E-state index >= 15 is 0 Å². The van der Waals surface area contributed by atoms with E-state index in [1.54, 1.807) is 25.8 Å². The molecule has 1 aromatic rings. The third-order valence-corrected chi connectivity index (χ3v) is 3.19. The van der Waals surface area contributed by atoms with Crippen LogP contribution in [-0.4, -0.2) is 35.1 Å². The first-order chi connectivity index (χ1) is 8.19. The van der Waals surface area contributed by atoms with Crippen molar-refractivity contribution in [2.45, 2.75) is 32.8 Å². The van der Waals surface area contributed by atoms with Gasteiger partial charge >= 0.3 is 0 Å². The molecule has 4 heteroatoms. The molecule has 0 atom stereocenters. The summed E-state index contributed by atoms with van der Waals surface area (Å²) in [5.74, 6) is 0.0162. The SMILES string of the molecule is Cc1cc(Br)ccc1CC(=O)N(C)CC(C)(C)O. The lowest BCUT2D eigenvalue weighted by Gasteiger charge is -2.25. The number of carbonyl (C=O) groups excluding carboxylic acids is 1. The Morgan fingerprint density at radius 3 is 2.56 bits per heavy atom. The standard InChI is InChI=1S/C14H20BrNO2/c1-10-7-12(15)6-5-11(10)8-13(17)16(4)9-14(2,3)18/h5-7,18H,8-9H2,1-4H3. The van der Waals surface area contributed by atoms with Gasteiger partial charge in [0.1, 0.15) is 0 Å². The van der Waals surface area contributed by atoms with Crippen molar-refractivity contribution in [3.63, 3.8) is 0 Å². The van der Waals surface area contributed by atoms with Crippen molar-refractivity contribution < 1.29 is 9.90 Å². The maximum absolute atomic E-state index is 12.0. The quantitative estimate of drug-likeness (QED) is 0.928. The molecule has 0 aliphatic heterocycles. The first-order valence-electron chi connectivity index (χ1n) is 5.90. The molecule has 1 aromatic carbocycles. The molecule has 1 rings (SSSR count). The van der Waals surface area contributed by atoms with Gasteiger partial charge in [0.15, 0.2) is 0 Å². The summed E-state index contributed by atoms with van der Waals surface area (Å²) < 4.78 is 1.01. The van der Waals surface area contributed by atoms with Crippen LogP contribution in [0.4, 0.5) is 0 Å². The fraction of sp³-hybridized carbons (Fsp3) is 0.500. The molecule has 1 N–H and O–H groups in total. The smallest absolute Gasteiger partial charge is 0.226 e. The van der Waals surface area contributed by atoms with E-state index in [0.29, 0.717) is 13.0 Å². The summed E-state index contributed by atoms with van der Waals surface area (Å²) in [6.45, 7) is 5.72. The number of nitrogens with zero attached hydrogens (tertiary/aromatic N) is 1. The van der Waals surface area contributed by atoms with E-state index in [-0.39, 0.29) is 5.91 Å². The molecule has 18 heavy (non-hydrogen) atoms. The Bertz CT molecular complexity index is 438. The molecule has 0 heterocycles. The van der Waals surface area contributed by atoms with Gasteiger partial charge in [0.25, 0.3) is 0 Å². The Labute approximate surface area is 117 Å². The van der Waals surface area contributed by atoms with Gasteiger partial charge in [0, 0.05) is 18.1 Å². The fourth-order valence-electron chi connectivity index (χ4n) is 1.82. The Hall–Kier alpha value is -0.870. The average molecular weight is 314 g/mol. The molecule has 0 unspecified atom stereocenters. The molecule has 0 radical (unpaired) electrons. The van der Waals surface area contributed by atoms with E-state index in [9.17, 15) is 9.90 Å². The first-order valence-corrected chi connectivity index (χ1v) is 6.70. The van der Waals surface area contributed by atoms with Crippen molar-refractivity contribution in [2.24, 2.45) is 0 Å². The van der Waals surface area contributed by atoms with Crippen LogP contribution in [0, 0.1) is 6.92 Å². The highest BCUT2D eigenvalue weighted by atomic mass is 79.9. The van der Waals surface area contributed by atoms with Crippen molar-refractivity contribution in [3.05, 3.63) is 33.8 Å². The normalized spacial score (nSPS) is 11.4. The summed E-state index contributed by atoms with van der Waals surface area (Å²) >= 11 is 3.40. The number of likely N-dealkylation sites (N-methyl/N-ethyl adjacent to an activating group) is 1. The molecular formula is C14H20BrNO2. The number of aryl methyl sites for hydroxylation is 1. The average Bonchev–Trinajstić information content (AvgIpc) is 2.19. The van der Waals surface area contributed by atoms with Crippen molar-refractivity contribution in [2.75, 3.05) is 13.6 Å². The van der Waals surface area contributed by atoms with Gasteiger partial charge in [-0.1, -0.05) is 22.0 Å². The first kappa shape index (κ1) is 15.2. The molecule has 0 saturated heterocycles. The molecule has 0 aliphatic carbocycles. The molecule has 3 nitrogen and oxygen atoms in total. The Morgan fingerprint density at radius 1 is 1.44 bits per heavy atom. The van der Waals surface area contributed by atoms with Crippen molar-refractivity contribution in [1.29, 1.82) is 0 Å². The van der Waals surface area contributed by atoms with E-state index in [1.807, 2.05) is 25.1 Å². The van der Waals surface area contributed by atoms with Crippen LogP contribution in [0.1, 0.15) is 25.0 Å². The fourth-order valence-corrected chi connectivity index (χ4v) is 2.30. The maximum Gasteiger partial charge on any atom is 0.226 e. The van der Waals surface area contributed by atoms with E-state index in [1.165, 1.54) is 0 Å². The number of rotatable bonds is 4. The number of aliphatic hydroxyl groups is 1. The highest BCUT2D eigenvalue weighted by Crippen LogP contribution is 2.17. The molecule has 0 fully saturated rings. The summed E-state index contributed by atoms with van der Waals surface area (Å²) in [6.07, 6.45) is 0.367. The number of benzene rings is 1. The van der Waals surface area contributed by atoms with Gasteiger partial charge in [0.05, 0.1) is 12.0 Å². The minimum atomic E-state index is -0.862. The van der Waals surface area contributed by atoms with Crippen LogP contribution in [0.25, 0.3) is 0 Å². The molecule has 0 bridgehead atoms. The van der Waals surface area contributed by atoms with Gasteiger partial charge in [-0.2, -0.15) is 0 Å². The molecule has 100 valence electrons. The zero-order valence-corrected chi connectivity index (χ0v) is 12.9. The third-order valence-electron chi connectivity index (χ3n) is 2.70. The van der Waals surface area contributed by atoms with Crippen molar-refractivity contribution >= 4 is 21.8 Å². The Kier molecular flexibility index (Phi) is 4.93. The van der Waals surface area contributed by atoms with E-state index < -0.39 is 5.60 Å². The maximum atomic E-state index is 12.0. The van der Waals surface area contributed by atoms with E-state index in [2.05, 4.69) is 15.9 Å². The second-order valence-corrected chi connectivity index (χ2v) is 6.23. The monoisotopic (exact) mass is 313 g/mol. The Balaban J connectivity index is 2.70. The summed E-state index contributed by atoms with van der Waals surface area (Å²) in [6, 6.07) is 5.89. The minimum Gasteiger partial charge on any atom is -0.389 e. The molecule has 0 spiro atoms. The third kappa shape index (κ3) is 4.78. The molecule has 0 aromatic heterocycles. The molecule has 1 amide bonds. The summed E-state index contributed by atoms with van der Waals surface area (Å²) in [4.78, 5) is 13.6. The van der Waals surface area contributed by atoms with Crippen molar-refractivity contribution in [3.8, 4) is 0 Å². The van der Waals surface area contributed by atoms with Gasteiger partial charge in [-0.05, 0) is 44.0 Å².